The van der Waals surface area contributed by atoms with Crippen molar-refractivity contribution in [1.29, 1.82) is 0 Å². The van der Waals surface area contributed by atoms with Crippen LogP contribution in [0.1, 0.15) is 74.1 Å². The van der Waals surface area contributed by atoms with Crippen molar-refractivity contribution in [3.05, 3.63) is 0 Å². The second kappa shape index (κ2) is 17.4. The number of esters is 2. The zero-order chi connectivity index (χ0) is 32.2. The van der Waals surface area contributed by atoms with Crippen molar-refractivity contribution in [3.63, 3.8) is 0 Å². The first-order valence-corrected chi connectivity index (χ1v) is 15.6. The van der Waals surface area contributed by atoms with E-state index < -0.39 is 47.8 Å². The van der Waals surface area contributed by atoms with Crippen molar-refractivity contribution >= 4 is 29.8 Å². The Morgan fingerprint density at radius 3 is 1.72 bits per heavy atom. The maximum atomic E-state index is 13.3. The first-order valence-electron chi connectivity index (χ1n) is 15.6. The molecule has 3 saturated heterocycles. The molecule has 3 N–H and O–H groups in total. The van der Waals surface area contributed by atoms with Gasteiger partial charge in [0.25, 0.3) is 11.8 Å². The van der Waals surface area contributed by atoms with Gasteiger partial charge in [-0.2, -0.15) is 0 Å². The molecule has 0 saturated carbocycles. The van der Waals surface area contributed by atoms with Gasteiger partial charge >= 0.3 is 18.0 Å². The number of hydrogen-bond acceptors (Lipinski definition) is 10. The molecule has 3 fully saturated rings. The van der Waals surface area contributed by atoms with Gasteiger partial charge in [-0.05, 0) is 65.0 Å². The summed E-state index contributed by atoms with van der Waals surface area (Å²) in [6, 6.07) is -1.29. The maximum absolute atomic E-state index is 13.3. The first kappa shape index (κ1) is 36.3. The zero-order valence-electron chi connectivity index (χ0n) is 27.0. The molecule has 2 unspecified atom stereocenters. The van der Waals surface area contributed by atoms with Gasteiger partial charge in [-0.25, -0.2) is 9.59 Å². The average Bonchev–Trinajstić information content (AvgIpc) is 2.91. The summed E-state index contributed by atoms with van der Waals surface area (Å²) in [4.78, 5) is 69.2. The molecule has 2 bridgehead atoms. The largest absolute Gasteiger partial charge is 0.452 e. The number of carbonyl (C=O) groups excluding carboxylic acids is 5. The number of amides is 3. The molecule has 0 aromatic carbocycles. The number of rotatable bonds is 3. The summed E-state index contributed by atoms with van der Waals surface area (Å²) in [5.74, 6) is -3.00. The highest BCUT2D eigenvalue weighted by molar-refractivity contribution is 5.87. The van der Waals surface area contributed by atoms with Crippen LogP contribution < -0.4 is 16.0 Å². The van der Waals surface area contributed by atoms with E-state index in [4.69, 9.17) is 14.2 Å². The predicted molar refractivity (Wildman–Crippen MR) is 160 cm³/mol. The van der Waals surface area contributed by atoms with Gasteiger partial charge in [0.05, 0.1) is 0 Å². The van der Waals surface area contributed by atoms with Crippen molar-refractivity contribution < 1.29 is 38.2 Å². The molecule has 0 aromatic heterocycles. The minimum absolute atomic E-state index is 0.179. The summed E-state index contributed by atoms with van der Waals surface area (Å²) in [6.07, 6.45) is -1.91. The number of nitrogens with one attached hydrogen (secondary N) is 3. The molecule has 0 aromatic rings. The van der Waals surface area contributed by atoms with E-state index >= 15 is 0 Å². The highest BCUT2D eigenvalue weighted by atomic mass is 16.6. The lowest BCUT2D eigenvalue weighted by Gasteiger charge is -2.34. The molecule has 13 nitrogen and oxygen atoms in total. The summed E-state index contributed by atoms with van der Waals surface area (Å²) in [5, 5.41) is 8.22. The number of piperazine rings is 1. The quantitative estimate of drug-likeness (QED) is 0.315. The van der Waals surface area contributed by atoms with Gasteiger partial charge in [0.1, 0.15) is 11.6 Å². The van der Waals surface area contributed by atoms with Crippen LogP contribution in [0.5, 0.6) is 0 Å². The average molecular weight is 612 g/mol. The molecular weight excluding hydrogens is 558 g/mol. The Bertz CT molecular complexity index is 943. The topological polar surface area (TPSA) is 156 Å². The lowest BCUT2D eigenvalue weighted by molar-refractivity contribution is -0.162. The van der Waals surface area contributed by atoms with Crippen LogP contribution in [0.2, 0.25) is 0 Å². The summed E-state index contributed by atoms with van der Waals surface area (Å²) >= 11 is 0. The zero-order valence-corrected chi connectivity index (χ0v) is 27.0. The second-order valence-electron chi connectivity index (χ2n) is 13.0. The van der Waals surface area contributed by atoms with E-state index in [2.05, 4.69) is 25.8 Å². The SMILES string of the molecule is CC(C)C1OC(=O)CC[C@H](NC(=O)OC(C)(C)C)C(=O)OC(C(C)C)C(=O)NCCCN2CCN(CCCNC1=O)CC2. The number of ether oxygens (including phenoxy) is 3. The van der Waals surface area contributed by atoms with Gasteiger partial charge in [-0.15, -0.1) is 0 Å². The molecule has 3 rings (SSSR count). The van der Waals surface area contributed by atoms with E-state index in [9.17, 15) is 24.0 Å². The van der Waals surface area contributed by atoms with Crippen LogP contribution in [0.3, 0.4) is 0 Å². The van der Waals surface area contributed by atoms with E-state index in [0.717, 1.165) is 52.1 Å². The van der Waals surface area contributed by atoms with Crippen molar-refractivity contribution in [2.75, 3.05) is 52.4 Å². The number of alkyl carbamates (subject to hydrolysis) is 1. The fourth-order valence-corrected chi connectivity index (χ4v) is 4.82. The lowest BCUT2D eigenvalue weighted by atomic mass is 10.1. The van der Waals surface area contributed by atoms with Crippen LogP contribution >= 0.6 is 0 Å². The van der Waals surface area contributed by atoms with Crippen LogP contribution in [0.15, 0.2) is 0 Å². The van der Waals surface area contributed by atoms with Gasteiger partial charge in [0.2, 0.25) is 0 Å². The summed E-state index contributed by atoms with van der Waals surface area (Å²) < 4.78 is 16.4. The van der Waals surface area contributed by atoms with Crippen molar-refractivity contribution in [1.82, 2.24) is 25.8 Å². The molecule has 13 heteroatoms. The Morgan fingerprint density at radius 1 is 0.814 bits per heavy atom. The second-order valence-corrected chi connectivity index (χ2v) is 13.0. The van der Waals surface area contributed by atoms with Gasteiger partial charge in [-0.1, -0.05) is 27.7 Å². The van der Waals surface area contributed by atoms with E-state index in [0.29, 0.717) is 13.1 Å². The fourth-order valence-electron chi connectivity index (χ4n) is 4.82. The van der Waals surface area contributed by atoms with Crippen LogP contribution in [0, 0.1) is 11.8 Å². The third kappa shape index (κ3) is 13.5. The Morgan fingerprint density at radius 2 is 1.28 bits per heavy atom. The normalized spacial score (nSPS) is 28.0. The van der Waals surface area contributed by atoms with E-state index in [1.807, 2.05) is 0 Å². The fraction of sp³-hybridized carbons (Fsp3) is 0.833. The molecule has 3 amide bonds. The molecule has 3 heterocycles. The van der Waals surface area contributed by atoms with Crippen LogP contribution in [-0.4, -0.2) is 116 Å². The van der Waals surface area contributed by atoms with Gasteiger partial charge in [0, 0.05) is 45.7 Å². The number of carbonyl (C=O) groups is 5. The van der Waals surface area contributed by atoms with Crippen LogP contribution in [-0.2, 0) is 33.4 Å². The smallest absolute Gasteiger partial charge is 0.408 e. The van der Waals surface area contributed by atoms with E-state index in [1.54, 1.807) is 48.5 Å². The molecule has 0 radical (unpaired) electrons. The molecule has 0 spiro atoms. The van der Waals surface area contributed by atoms with Crippen LogP contribution in [0.4, 0.5) is 4.79 Å². The lowest BCUT2D eigenvalue weighted by Crippen LogP contribution is -2.49. The summed E-state index contributed by atoms with van der Waals surface area (Å²) in [6.45, 7) is 18.4. The summed E-state index contributed by atoms with van der Waals surface area (Å²) in [7, 11) is 0. The monoisotopic (exact) mass is 611 g/mol. The van der Waals surface area contributed by atoms with E-state index in [1.165, 1.54) is 0 Å². The standard InChI is InChI=1S/C30H53N5O8/c1-20(2)24-26(37)31-12-8-14-34-16-18-35(19-17-34)15-9-13-32-27(38)25(21(3)4)42-28(39)22(10-11-23(36)41-24)33-29(40)43-30(5,6)7/h20-22,24-25H,8-19H2,1-7H3,(H,31,37)(H,32,38)(H,33,40)/t22-,24?,25?/m0/s1. The highest BCUT2D eigenvalue weighted by Crippen LogP contribution is 2.15. The number of hydrogen-bond donors (Lipinski definition) is 3. The third-order valence-electron chi connectivity index (χ3n) is 7.21. The van der Waals surface area contributed by atoms with Gasteiger partial charge in [0.15, 0.2) is 12.2 Å². The molecule has 0 aliphatic carbocycles. The maximum Gasteiger partial charge on any atom is 0.408 e. The number of fused-ring (bicyclic) bond motifs is 20. The van der Waals surface area contributed by atoms with Gasteiger partial charge in [-0.3, -0.25) is 14.4 Å². The Hall–Kier alpha value is -2.93. The molecule has 3 aliphatic rings. The van der Waals surface area contributed by atoms with Crippen molar-refractivity contribution in [2.24, 2.45) is 11.8 Å². The number of nitrogens with zero attached hydrogens (tertiary/aromatic N) is 2. The van der Waals surface area contributed by atoms with E-state index in [-0.39, 0.29) is 30.6 Å². The Balaban J connectivity index is 2.21. The predicted octanol–water partition coefficient (Wildman–Crippen LogP) is 1.44. The highest BCUT2D eigenvalue weighted by Gasteiger charge is 2.33. The molecule has 3 aliphatic heterocycles. The molecule has 246 valence electrons. The van der Waals surface area contributed by atoms with Crippen molar-refractivity contribution in [3.8, 4) is 0 Å². The summed E-state index contributed by atoms with van der Waals surface area (Å²) in [5.41, 5.74) is -0.831. The molecular formula is C30H53N5O8. The molecule has 3 atom stereocenters. The minimum Gasteiger partial charge on any atom is -0.452 e. The molecule has 43 heavy (non-hydrogen) atoms. The van der Waals surface area contributed by atoms with Crippen molar-refractivity contribution in [2.45, 2.75) is 98.0 Å². The Labute approximate surface area is 256 Å². The Kier molecular flexibility index (Phi) is 14.7. The third-order valence-corrected chi connectivity index (χ3v) is 7.21. The van der Waals surface area contributed by atoms with Gasteiger partial charge < -0.3 is 40.0 Å². The minimum atomic E-state index is -1.29. The van der Waals surface area contributed by atoms with Crippen LogP contribution in [0.25, 0.3) is 0 Å². The first-order chi connectivity index (χ1) is 20.2.